The molecular formula is C23H21ClN4O5S. The largest absolute Gasteiger partial charge is 0.494 e. The van der Waals surface area contributed by atoms with Crippen molar-refractivity contribution in [1.82, 2.24) is 14.8 Å². The first kappa shape index (κ1) is 22.3. The molecule has 1 aliphatic carbocycles. The van der Waals surface area contributed by atoms with Crippen LogP contribution in [0.5, 0.6) is 11.5 Å². The van der Waals surface area contributed by atoms with Crippen molar-refractivity contribution < 1.29 is 22.3 Å². The number of ether oxygens (including phenoxy) is 2. The monoisotopic (exact) mass is 500 g/mol. The van der Waals surface area contributed by atoms with Gasteiger partial charge in [-0.1, -0.05) is 29.8 Å². The van der Waals surface area contributed by atoms with Crippen molar-refractivity contribution in [2.24, 2.45) is 0 Å². The molecule has 11 heteroatoms. The van der Waals surface area contributed by atoms with E-state index < -0.39 is 15.3 Å². The van der Waals surface area contributed by atoms with Crippen LogP contribution < -0.4 is 14.2 Å². The maximum absolute atomic E-state index is 13.3. The molecule has 0 radical (unpaired) electrons. The van der Waals surface area contributed by atoms with E-state index in [1.807, 2.05) is 12.1 Å². The van der Waals surface area contributed by atoms with Crippen molar-refractivity contribution in [2.45, 2.75) is 17.6 Å². The minimum Gasteiger partial charge on any atom is -0.494 e. The van der Waals surface area contributed by atoms with Crippen LogP contribution in [0.2, 0.25) is 5.02 Å². The molecule has 0 amide bonds. The fourth-order valence-corrected chi connectivity index (χ4v) is 5.67. The highest BCUT2D eigenvalue weighted by atomic mass is 35.5. The number of furan rings is 1. The second-order valence-corrected chi connectivity index (χ2v) is 10.1. The van der Waals surface area contributed by atoms with Gasteiger partial charge in [0.05, 0.1) is 25.7 Å². The first-order valence-corrected chi connectivity index (χ1v) is 12.3. The maximum atomic E-state index is 13.3. The van der Waals surface area contributed by atoms with Gasteiger partial charge < -0.3 is 13.9 Å². The Morgan fingerprint density at radius 2 is 1.74 bits per heavy atom. The first-order chi connectivity index (χ1) is 16.4. The predicted octanol–water partition coefficient (Wildman–Crippen LogP) is 4.50. The molecule has 0 aliphatic heterocycles. The van der Waals surface area contributed by atoms with Gasteiger partial charge in [0.25, 0.3) is 0 Å². The van der Waals surface area contributed by atoms with Crippen molar-refractivity contribution >= 4 is 27.6 Å². The maximum Gasteiger partial charge on any atom is 0.243 e. The summed E-state index contributed by atoms with van der Waals surface area (Å²) in [6.45, 7) is 0. The molecule has 2 heterocycles. The van der Waals surface area contributed by atoms with Gasteiger partial charge >= 0.3 is 0 Å². The molecule has 2 aromatic heterocycles. The molecule has 0 saturated heterocycles. The number of rotatable bonds is 8. The normalized spacial score (nSPS) is 17.4. The summed E-state index contributed by atoms with van der Waals surface area (Å²) in [5.74, 6) is 1.44. The van der Waals surface area contributed by atoms with Crippen molar-refractivity contribution in [1.29, 1.82) is 0 Å². The summed E-state index contributed by atoms with van der Waals surface area (Å²) in [7, 11) is -0.764. The number of para-hydroxylation sites is 1. The summed E-state index contributed by atoms with van der Waals surface area (Å²) in [6, 6.07) is 15.9. The topological polar surface area (TPSA) is 108 Å². The van der Waals surface area contributed by atoms with Crippen molar-refractivity contribution in [3.05, 3.63) is 71.4 Å². The number of hydrogen-bond acceptors (Lipinski definition) is 7. The van der Waals surface area contributed by atoms with Crippen LogP contribution in [-0.4, -0.2) is 42.7 Å². The highest BCUT2D eigenvalue weighted by molar-refractivity contribution is 7.93. The summed E-state index contributed by atoms with van der Waals surface area (Å²) >= 11 is 5.96. The van der Waals surface area contributed by atoms with Crippen molar-refractivity contribution in [3.63, 3.8) is 0 Å². The molecule has 34 heavy (non-hydrogen) atoms. The zero-order valence-electron chi connectivity index (χ0n) is 18.3. The standard InChI is InChI=1S/C23H21ClN4O5S/c1-31-17-5-3-6-18(32-2)21(17)28-22(19-7-4-12-33-19)25-26-23(28)27-34(29,30)20-13-16(20)14-8-10-15(24)11-9-14/h3-12,16,20H,13H2,1-2H3,(H,26,27)/t16-,20+/m0/s1. The molecule has 2 aromatic carbocycles. The molecule has 4 aromatic rings. The third-order valence-electron chi connectivity index (χ3n) is 5.69. The van der Waals surface area contributed by atoms with Crippen LogP contribution in [0.4, 0.5) is 5.95 Å². The molecule has 1 N–H and O–H groups in total. The Bertz CT molecular complexity index is 1400. The molecule has 176 valence electrons. The summed E-state index contributed by atoms with van der Waals surface area (Å²) in [5, 5.41) is 8.34. The Kier molecular flexibility index (Phi) is 5.70. The van der Waals surface area contributed by atoms with Crippen LogP contribution in [0.3, 0.4) is 0 Å². The van der Waals surface area contributed by atoms with Gasteiger partial charge in [0.1, 0.15) is 17.2 Å². The number of aromatic nitrogens is 3. The number of anilines is 1. The van der Waals surface area contributed by atoms with Gasteiger partial charge in [-0.25, -0.2) is 8.42 Å². The van der Waals surface area contributed by atoms with Crippen molar-refractivity contribution in [2.75, 3.05) is 18.9 Å². The van der Waals surface area contributed by atoms with E-state index in [4.69, 9.17) is 25.5 Å². The van der Waals surface area contributed by atoms with Crippen LogP contribution in [0.25, 0.3) is 17.3 Å². The summed E-state index contributed by atoms with van der Waals surface area (Å²) in [5.41, 5.74) is 1.36. The number of sulfonamides is 1. The van der Waals surface area contributed by atoms with E-state index in [1.165, 1.54) is 25.0 Å². The van der Waals surface area contributed by atoms with Crippen LogP contribution >= 0.6 is 11.6 Å². The third kappa shape index (κ3) is 3.99. The number of benzene rings is 2. The van der Waals surface area contributed by atoms with Gasteiger partial charge in [0.15, 0.2) is 5.76 Å². The van der Waals surface area contributed by atoms with E-state index in [0.29, 0.717) is 34.4 Å². The fourth-order valence-electron chi connectivity index (χ4n) is 3.96. The number of hydrogen-bond donors (Lipinski definition) is 1. The molecule has 0 unspecified atom stereocenters. The SMILES string of the molecule is COc1cccc(OC)c1-n1c(NS(=O)(=O)[C@@H]2C[C@H]2c2ccc(Cl)cc2)nnc1-c1ccco1. The van der Waals surface area contributed by atoms with Gasteiger partial charge in [0.2, 0.25) is 21.8 Å². The molecule has 1 saturated carbocycles. The highest BCUT2D eigenvalue weighted by Crippen LogP contribution is 2.47. The lowest BCUT2D eigenvalue weighted by Gasteiger charge is -2.17. The minimum absolute atomic E-state index is 0.00374. The average Bonchev–Trinajstić information content (AvgIpc) is 3.29. The second-order valence-electron chi connectivity index (χ2n) is 7.75. The van der Waals surface area contributed by atoms with Crippen LogP contribution in [0.15, 0.2) is 65.3 Å². The second kappa shape index (κ2) is 8.69. The first-order valence-electron chi connectivity index (χ1n) is 10.4. The van der Waals surface area contributed by atoms with Crippen molar-refractivity contribution in [3.8, 4) is 28.8 Å². The van der Waals surface area contributed by atoms with E-state index in [1.54, 1.807) is 42.5 Å². The zero-order valence-corrected chi connectivity index (χ0v) is 19.9. The highest BCUT2D eigenvalue weighted by Gasteiger charge is 2.49. The predicted molar refractivity (Wildman–Crippen MR) is 127 cm³/mol. The smallest absolute Gasteiger partial charge is 0.243 e. The molecule has 1 aliphatic rings. The van der Waals surface area contributed by atoms with E-state index in [9.17, 15) is 8.42 Å². The fraction of sp³-hybridized carbons (Fsp3) is 0.217. The summed E-state index contributed by atoms with van der Waals surface area (Å²) in [6.07, 6.45) is 1.99. The summed E-state index contributed by atoms with van der Waals surface area (Å²) in [4.78, 5) is 0. The number of nitrogens with zero attached hydrogens (tertiary/aromatic N) is 3. The average molecular weight is 501 g/mol. The summed E-state index contributed by atoms with van der Waals surface area (Å²) < 4.78 is 47.3. The van der Waals surface area contributed by atoms with E-state index in [0.717, 1.165) is 5.56 Å². The number of nitrogens with one attached hydrogen (secondary N) is 1. The lowest BCUT2D eigenvalue weighted by atomic mass is 10.1. The molecule has 0 bridgehead atoms. The Morgan fingerprint density at radius 3 is 2.35 bits per heavy atom. The molecule has 2 atom stereocenters. The van der Waals surface area contributed by atoms with Crippen LogP contribution in [0, 0.1) is 0 Å². The number of methoxy groups -OCH3 is 2. The Hall–Kier alpha value is -3.50. The molecule has 9 nitrogen and oxygen atoms in total. The Morgan fingerprint density at radius 1 is 1.03 bits per heavy atom. The van der Waals surface area contributed by atoms with Gasteiger partial charge in [0, 0.05) is 10.9 Å². The lowest BCUT2D eigenvalue weighted by Crippen LogP contribution is -2.21. The molecule has 1 fully saturated rings. The molecule has 0 spiro atoms. The van der Waals surface area contributed by atoms with Gasteiger partial charge in [-0.3, -0.25) is 9.29 Å². The van der Waals surface area contributed by atoms with Crippen LogP contribution in [0.1, 0.15) is 17.9 Å². The zero-order chi connectivity index (χ0) is 23.9. The van der Waals surface area contributed by atoms with Crippen LogP contribution in [-0.2, 0) is 10.0 Å². The minimum atomic E-state index is -3.79. The van der Waals surface area contributed by atoms with Gasteiger partial charge in [-0.05, 0) is 48.4 Å². The lowest BCUT2D eigenvalue weighted by molar-refractivity contribution is 0.391. The molecule has 5 rings (SSSR count). The van der Waals surface area contributed by atoms with Gasteiger partial charge in [-0.15, -0.1) is 10.2 Å². The quantitative estimate of drug-likeness (QED) is 0.379. The molecular weight excluding hydrogens is 480 g/mol. The Labute approximate surface area is 201 Å². The van der Waals surface area contributed by atoms with E-state index in [2.05, 4.69) is 14.9 Å². The Balaban J connectivity index is 1.56. The van der Waals surface area contributed by atoms with E-state index in [-0.39, 0.29) is 17.7 Å². The third-order valence-corrected chi connectivity index (χ3v) is 7.73. The number of halogens is 1. The van der Waals surface area contributed by atoms with E-state index >= 15 is 0 Å². The van der Waals surface area contributed by atoms with Gasteiger partial charge in [-0.2, -0.15) is 0 Å².